The summed E-state index contributed by atoms with van der Waals surface area (Å²) in [6.07, 6.45) is 1.10. The molecule has 2 aliphatic heterocycles. The van der Waals surface area contributed by atoms with E-state index in [0.29, 0.717) is 46.8 Å². The lowest BCUT2D eigenvalue weighted by molar-refractivity contribution is 0.0989. The maximum atomic E-state index is 14.2. The molecule has 3 atom stereocenters. The number of nitrogens with one attached hydrogen (secondary N) is 1. The fraction of sp³-hybridized carbons (Fsp3) is 0.381. The summed E-state index contributed by atoms with van der Waals surface area (Å²) >= 11 is 0. The Hall–Kier alpha value is -3.07. The number of rotatable bonds is 4. The maximum absolute atomic E-state index is 14.2. The summed E-state index contributed by atoms with van der Waals surface area (Å²) in [4.78, 5) is 6.49. The number of aromatic hydroxyl groups is 1. The van der Waals surface area contributed by atoms with Gasteiger partial charge >= 0.3 is 0 Å². The average Bonchev–Trinajstić information content (AvgIpc) is 3.33. The van der Waals surface area contributed by atoms with E-state index in [1.165, 1.54) is 12.1 Å². The van der Waals surface area contributed by atoms with Gasteiger partial charge in [0.05, 0.1) is 30.5 Å². The van der Waals surface area contributed by atoms with Crippen molar-refractivity contribution in [2.24, 2.45) is 0 Å². The molecule has 2 unspecified atom stereocenters. The number of nitrogens with zero attached hydrogens (tertiary/aromatic N) is 4. The van der Waals surface area contributed by atoms with Crippen molar-refractivity contribution in [3.05, 3.63) is 47.2 Å². The second-order valence-electron chi connectivity index (χ2n) is 7.89. The highest BCUT2D eigenvalue weighted by Crippen LogP contribution is 2.39. The lowest BCUT2D eigenvalue weighted by Crippen LogP contribution is -2.37. The van der Waals surface area contributed by atoms with E-state index in [4.69, 9.17) is 4.74 Å². The molecule has 30 heavy (non-hydrogen) atoms. The van der Waals surface area contributed by atoms with E-state index < -0.39 is 17.7 Å². The van der Waals surface area contributed by atoms with Gasteiger partial charge in [0.2, 0.25) is 5.88 Å². The molecule has 5 rings (SSSR count). The van der Waals surface area contributed by atoms with Crippen LogP contribution in [0, 0.1) is 18.6 Å². The molecule has 0 aliphatic carbocycles. The van der Waals surface area contributed by atoms with E-state index >= 15 is 0 Å². The molecular formula is C21H21F2N5O2. The number of anilines is 2. The summed E-state index contributed by atoms with van der Waals surface area (Å²) in [5.74, 6) is -0.905. The molecule has 0 spiro atoms. The molecule has 7 nitrogen and oxygen atoms in total. The van der Waals surface area contributed by atoms with Crippen LogP contribution in [0.25, 0.3) is 10.9 Å². The van der Waals surface area contributed by atoms with Crippen molar-refractivity contribution in [3.63, 3.8) is 0 Å². The van der Waals surface area contributed by atoms with E-state index in [2.05, 4.69) is 25.4 Å². The average molecular weight is 413 g/mol. The Balaban J connectivity index is 1.55. The molecule has 2 saturated heterocycles. The first kappa shape index (κ1) is 18.9. The van der Waals surface area contributed by atoms with E-state index in [-0.39, 0.29) is 18.0 Å². The van der Waals surface area contributed by atoms with Crippen LogP contribution >= 0.6 is 0 Å². The van der Waals surface area contributed by atoms with Crippen molar-refractivity contribution < 1.29 is 18.6 Å². The minimum absolute atomic E-state index is 0.0604. The number of pyridine rings is 1. The van der Waals surface area contributed by atoms with Gasteiger partial charge in [-0.2, -0.15) is 5.10 Å². The number of hydrogen-bond acceptors (Lipinski definition) is 7. The van der Waals surface area contributed by atoms with Crippen LogP contribution in [-0.4, -0.2) is 45.6 Å². The largest absolute Gasteiger partial charge is 0.492 e. The number of aromatic nitrogens is 3. The molecular weight excluding hydrogens is 392 g/mol. The monoisotopic (exact) mass is 413 g/mol. The molecule has 4 heterocycles. The van der Waals surface area contributed by atoms with Crippen molar-refractivity contribution in [2.75, 3.05) is 23.4 Å². The Kier molecular flexibility index (Phi) is 4.43. The fourth-order valence-corrected chi connectivity index (χ4v) is 4.32. The van der Waals surface area contributed by atoms with Crippen molar-refractivity contribution in [1.29, 1.82) is 0 Å². The van der Waals surface area contributed by atoms with Crippen LogP contribution in [-0.2, 0) is 4.74 Å². The van der Waals surface area contributed by atoms with Crippen molar-refractivity contribution in [3.8, 4) is 5.88 Å². The molecule has 2 bridgehead atoms. The zero-order chi connectivity index (χ0) is 21.0. The molecule has 1 aromatic carbocycles. The Labute approximate surface area is 171 Å². The molecule has 156 valence electrons. The maximum Gasteiger partial charge on any atom is 0.235 e. The zero-order valence-electron chi connectivity index (χ0n) is 16.6. The van der Waals surface area contributed by atoms with Gasteiger partial charge < -0.3 is 20.1 Å². The lowest BCUT2D eigenvalue weighted by Gasteiger charge is -2.29. The molecule has 9 heteroatoms. The van der Waals surface area contributed by atoms with Gasteiger partial charge in [0.25, 0.3) is 0 Å². The lowest BCUT2D eigenvalue weighted by atomic mass is 10.1. The normalized spacial score (nSPS) is 21.4. The van der Waals surface area contributed by atoms with Crippen LogP contribution in [0.3, 0.4) is 0 Å². The first-order valence-electron chi connectivity index (χ1n) is 9.87. The van der Waals surface area contributed by atoms with Crippen LogP contribution in [0.5, 0.6) is 5.88 Å². The van der Waals surface area contributed by atoms with Gasteiger partial charge in [-0.3, -0.25) is 0 Å². The fourth-order valence-electron chi connectivity index (χ4n) is 4.32. The van der Waals surface area contributed by atoms with Crippen LogP contribution in [0.1, 0.15) is 30.6 Å². The van der Waals surface area contributed by atoms with Crippen LogP contribution in [0.4, 0.5) is 20.3 Å². The Bertz CT molecular complexity index is 1140. The molecule has 0 amide bonds. The number of aryl methyl sites for hydroxylation is 1. The van der Waals surface area contributed by atoms with E-state index in [1.54, 1.807) is 13.8 Å². The zero-order valence-corrected chi connectivity index (χ0v) is 16.6. The number of benzene rings is 1. The van der Waals surface area contributed by atoms with Crippen LogP contribution < -0.4 is 10.2 Å². The summed E-state index contributed by atoms with van der Waals surface area (Å²) in [5, 5.41) is 22.8. The summed E-state index contributed by atoms with van der Waals surface area (Å²) in [6.45, 7) is 4.85. The summed E-state index contributed by atoms with van der Waals surface area (Å²) in [6, 6.07) is 5.05. The molecule has 2 N–H and O–H groups in total. The number of ether oxygens (including phenoxy) is 1. The standard InChI is InChI=1S/C21H21F2N5O2/c1-10(15-4-3-12(22)5-17(15)23)24-20-16-7-18(28-8-14-6-13(28)9-30-14)21(29)25-19(16)11(2)26-27-20/h3-5,7,10,13-14H,6,8-9H2,1-2H3,(H,24,27)(H,25,29)/t10-,13?,14?/m1/s1. The Morgan fingerprint density at radius 3 is 2.80 bits per heavy atom. The number of fused-ring (bicyclic) bond motifs is 3. The second-order valence-corrected chi connectivity index (χ2v) is 7.89. The molecule has 2 fully saturated rings. The SMILES string of the molecule is Cc1nnc(N[C@H](C)c2ccc(F)cc2F)c2cc(N3CC4CC3CO4)c(O)nc12. The van der Waals surface area contributed by atoms with E-state index in [0.717, 1.165) is 12.5 Å². The highest BCUT2D eigenvalue weighted by Gasteiger charge is 2.40. The van der Waals surface area contributed by atoms with Gasteiger partial charge in [-0.05, 0) is 32.4 Å². The smallest absolute Gasteiger partial charge is 0.235 e. The molecule has 3 aromatic rings. The van der Waals surface area contributed by atoms with E-state index in [1.807, 2.05) is 6.07 Å². The quantitative estimate of drug-likeness (QED) is 0.678. The van der Waals surface area contributed by atoms with Gasteiger partial charge in [0.15, 0.2) is 5.82 Å². The van der Waals surface area contributed by atoms with Crippen LogP contribution in [0.2, 0.25) is 0 Å². The summed E-state index contributed by atoms with van der Waals surface area (Å²) in [7, 11) is 0. The Morgan fingerprint density at radius 1 is 1.27 bits per heavy atom. The van der Waals surface area contributed by atoms with Gasteiger partial charge in [0.1, 0.15) is 22.8 Å². The second kappa shape index (κ2) is 7.02. The van der Waals surface area contributed by atoms with Gasteiger partial charge in [-0.1, -0.05) is 6.07 Å². The predicted molar refractivity (Wildman–Crippen MR) is 108 cm³/mol. The first-order valence-corrected chi connectivity index (χ1v) is 9.87. The third kappa shape index (κ3) is 3.09. The molecule has 2 aromatic heterocycles. The van der Waals surface area contributed by atoms with Gasteiger partial charge in [0, 0.05) is 23.6 Å². The summed E-state index contributed by atoms with van der Waals surface area (Å²) in [5.41, 5.74) is 2.02. The minimum atomic E-state index is -0.635. The third-order valence-electron chi connectivity index (χ3n) is 5.87. The van der Waals surface area contributed by atoms with Crippen molar-refractivity contribution in [2.45, 2.75) is 38.5 Å². The van der Waals surface area contributed by atoms with E-state index in [9.17, 15) is 13.9 Å². The van der Waals surface area contributed by atoms with Gasteiger partial charge in [-0.15, -0.1) is 5.10 Å². The highest BCUT2D eigenvalue weighted by atomic mass is 19.1. The van der Waals surface area contributed by atoms with Gasteiger partial charge in [-0.25, -0.2) is 13.8 Å². The number of morpholine rings is 1. The summed E-state index contributed by atoms with van der Waals surface area (Å²) < 4.78 is 33.1. The van der Waals surface area contributed by atoms with Crippen molar-refractivity contribution >= 4 is 22.4 Å². The molecule has 2 aliphatic rings. The first-order chi connectivity index (χ1) is 14.4. The number of hydrogen-bond donors (Lipinski definition) is 2. The topological polar surface area (TPSA) is 83.4 Å². The number of halogens is 2. The van der Waals surface area contributed by atoms with Crippen molar-refractivity contribution in [1.82, 2.24) is 15.2 Å². The highest BCUT2D eigenvalue weighted by molar-refractivity contribution is 5.93. The minimum Gasteiger partial charge on any atom is -0.492 e. The molecule has 0 radical (unpaired) electrons. The third-order valence-corrected chi connectivity index (χ3v) is 5.87. The predicted octanol–water partition coefficient (Wildman–Crippen LogP) is 3.47. The Morgan fingerprint density at radius 2 is 2.10 bits per heavy atom. The van der Waals surface area contributed by atoms with Crippen LogP contribution in [0.15, 0.2) is 24.3 Å². The molecule has 0 saturated carbocycles.